The van der Waals surface area contributed by atoms with Gasteiger partial charge in [-0.3, -0.25) is 4.79 Å². The molecule has 5 nitrogen and oxygen atoms in total. The first-order valence-electron chi connectivity index (χ1n) is 8.25. The SMILES string of the molecule is NC1CCCN(C(=O)c2ccc(-c3ccc4c(c3)OCCO4)s2)C1. The van der Waals surface area contributed by atoms with E-state index in [9.17, 15) is 4.79 Å². The first-order valence-corrected chi connectivity index (χ1v) is 9.07. The quantitative estimate of drug-likeness (QED) is 0.910. The molecule has 2 N–H and O–H groups in total. The summed E-state index contributed by atoms with van der Waals surface area (Å²) in [5.74, 6) is 1.63. The van der Waals surface area contributed by atoms with Crippen LogP contribution in [0.15, 0.2) is 30.3 Å². The summed E-state index contributed by atoms with van der Waals surface area (Å²) in [5.41, 5.74) is 7.03. The number of carbonyl (C=O) groups is 1. The zero-order valence-corrected chi connectivity index (χ0v) is 14.2. The second-order valence-corrected chi connectivity index (χ2v) is 7.26. The molecule has 2 aromatic rings. The lowest BCUT2D eigenvalue weighted by atomic mass is 10.1. The van der Waals surface area contributed by atoms with Gasteiger partial charge in [0.05, 0.1) is 4.88 Å². The van der Waals surface area contributed by atoms with Crippen LogP contribution in [0, 0.1) is 0 Å². The highest BCUT2D eigenvalue weighted by atomic mass is 32.1. The molecule has 2 aliphatic heterocycles. The van der Waals surface area contributed by atoms with E-state index < -0.39 is 0 Å². The molecule has 1 atom stereocenters. The van der Waals surface area contributed by atoms with E-state index in [0.29, 0.717) is 19.8 Å². The van der Waals surface area contributed by atoms with E-state index >= 15 is 0 Å². The van der Waals surface area contributed by atoms with E-state index in [2.05, 4.69) is 0 Å². The van der Waals surface area contributed by atoms with Gasteiger partial charge in [0.25, 0.3) is 5.91 Å². The Morgan fingerprint density at radius 2 is 2.00 bits per heavy atom. The summed E-state index contributed by atoms with van der Waals surface area (Å²) in [6.07, 6.45) is 1.98. The lowest BCUT2D eigenvalue weighted by molar-refractivity contribution is 0.0714. The highest BCUT2D eigenvalue weighted by Crippen LogP contribution is 2.37. The third-order valence-corrected chi connectivity index (χ3v) is 5.51. The fourth-order valence-electron chi connectivity index (χ4n) is 3.15. The summed E-state index contributed by atoms with van der Waals surface area (Å²) in [4.78, 5) is 16.3. The Morgan fingerprint density at radius 3 is 2.83 bits per heavy atom. The molecule has 0 bridgehead atoms. The monoisotopic (exact) mass is 344 g/mol. The number of ether oxygens (including phenoxy) is 2. The molecule has 1 fully saturated rings. The van der Waals surface area contributed by atoms with E-state index in [-0.39, 0.29) is 11.9 Å². The largest absolute Gasteiger partial charge is 0.486 e. The van der Waals surface area contributed by atoms with Crippen molar-refractivity contribution in [3.63, 3.8) is 0 Å². The lowest BCUT2D eigenvalue weighted by Crippen LogP contribution is -2.45. The molecular weight excluding hydrogens is 324 g/mol. The number of thiophene rings is 1. The van der Waals surface area contributed by atoms with Crippen LogP contribution in [0.3, 0.4) is 0 Å². The molecule has 1 amide bonds. The molecule has 1 saturated heterocycles. The van der Waals surface area contributed by atoms with Crippen molar-refractivity contribution < 1.29 is 14.3 Å². The first-order chi connectivity index (χ1) is 11.7. The van der Waals surface area contributed by atoms with Gasteiger partial charge in [0.2, 0.25) is 0 Å². The molecule has 24 heavy (non-hydrogen) atoms. The van der Waals surface area contributed by atoms with Crippen molar-refractivity contribution in [1.82, 2.24) is 4.90 Å². The number of rotatable bonds is 2. The van der Waals surface area contributed by atoms with E-state index in [1.807, 2.05) is 35.2 Å². The standard InChI is InChI=1S/C18H20N2O3S/c19-13-2-1-7-20(11-13)18(21)17-6-5-16(24-17)12-3-4-14-15(10-12)23-9-8-22-14/h3-6,10,13H,1-2,7-9,11,19H2. The van der Waals surface area contributed by atoms with Crippen LogP contribution >= 0.6 is 11.3 Å². The van der Waals surface area contributed by atoms with Crippen molar-refractivity contribution in [3.8, 4) is 21.9 Å². The Labute approximate surface area is 145 Å². The summed E-state index contributed by atoms with van der Waals surface area (Å²) in [5, 5.41) is 0. The molecule has 0 saturated carbocycles. The first kappa shape index (κ1) is 15.5. The zero-order valence-electron chi connectivity index (χ0n) is 13.4. The summed E-state index contributed by atoms with van der Waals surface area (Å²) in [6.45, 7) is 2.60. The molecule has 2 aliphatic rings. The van der Waals surface area contributed by atoms with Gasteiger partial charge in [-0.1, -0.05) is 0 Å². The molecule has 1 unspecified atom stereocenters. The van der Waals surface area contributed by atoms with Crippen LogP contribution in [0.2, 0.25) is 0 Å². The van der Waals surface area contributed by atoms with Crippen LogP contribution in [0.1, 0.15) is 22.5 Å². The third kappa shape index (κ3) is 2.99. The highest BCUT2D eigenvalue weighted by Gasteiger charge is 2.23. The summed E-state index contributed by atoms with van der Waals surface area (Å²) in [6, 6.07) is 9.90. The van der Waals surface area contributed by atoms with Crippen LogP contribution in [0.5, 0.6) is 11.5 Å². The molecule has 0 radical (unpaired) electrons. The number of hydrogen-bond acceptors (Lipinski definition) is 5. The molecule has 4 rings (SSSR count). The van der Waals surface area contributed by atoms with Gasteiger partial charge in [0.15, 0.2) is 11.5 Å². The Balaban J connectivity index is 1.55. The number of nitrogens with two attached hydrogens (primary N) is 1. The molecule has 126 valence electrons. The van der Waals surface area contributed by atoms with Crippen LogP contribution < -0.4 is 15.2 Å². The zero-order chi connectivity index (χ0) is 16.5. The number of amides is 1. The average molecular weight is 344 g/mol. The number of likely N-dealkylation sites (tertiary alicyclic amines) is 1. The number of benzene rings is 1. The smallest absolute Gasteiger partial charge is 0.263 e. The molecule has 3 heterocycles. The molecule has 1 aromatic carbocycles. The van der Waals surface area contributed by atoms with Crippen molar-refractivity contribution >= 4 is 17.2 Å². The minimum atomic E-state index is 0.0824. The van der Waals surface area contributed by atoms with Crippen molar-refractivity contribution in [2.75, 3.05) is 26.3 Å². The van der Waals surface area contributed by atoms with Crippen molar-refractivity contribution in [2.24, 2.45) is 5.73 Å². The molecule has 0 spiro atoms. The van der Waals surface area contributed by atoms with Gasteiger partial charge in [0.1, 0.15) is 13.2 Å². The Hall–Kier alpha value is -2.05. The summed E-state index contributed by atoms with van der Waals surface area (Å²) in [7, 11) is 0. The molecular formula is C18H20N2O3S. The molecule has 6 heteroatoms. The third-order valence-electron chi connectivity index (χ3n) is 4.39. The van der Waals surface area contributed by atoms with Crippen LogP contribution in [-0.2, 0) is 0 Å². The van der Waals surface area contributed by atoms with E-state index in [1.165, 1.54) is 11.3 Å². The number of hydrogen-bond donors (Lipinski definition) is 1. The van der Waals surface area contributed by atoms with Gasteiger partial charge in [-0.05, 0) is 48.7 Å². The predicted molar refractivity (Wildman–Crippen MR) is 93.9 cm³/mol. The van der Waals surface area contributed by atoms with Gasteiger partial charge < -0.3 is 20.1 Å². The second kappa shape index (κ2) is 6.45. The van der Waals surface area contributed by atoms with Gasteiger partial charge in [-0.15, -0.1) is 11.3 Å². The highest BCUT2D eigenvalue weighted by molar-refractivity contribution is 7.17. The van der Waals surface area contributed by atoms with E-state index in [0.717, 1.165) is 46.2 Å². The maximum Gasteiger partial charge on any atom is 0.263 e. The van der Waals surface area contributed by atoms with Crippen LogP contribution in [-0.4, -0.2) is 43.2 Å². The molecule has 1 aromatic heterocycles. The van der Waals surface area contributed by atoms with Crippen molar-refractivity contribution in [1.29, 1.82) is 0 Å². The average Bonchev–Trinajstić information content (AvgIpc) is 3.11. The fraction of sp³-hybridized carbons (Fsp3) is 0.389. The number of piperidine rings is 1. The minimum Gasteiger partial charge on any atom is -0.486 e. The maximum atomic E-state index is 12.7. The summed E-state index contributed by atoms with van der Waals surface area (Å²) < 4.78 is 11.2. The Bertz CT molecular complexity index is 758. The second-order valence-electron chi connectivity index (χ2n) is 6.18. The topological polar surface area (TPSA) is 64.8 Å². The Kier molecular flexibility index (Phi) is 4.16. The minimum absolute atomic E-state index is 0.0824. The lowest BCUT2D eigenvalue weighted by Gasteiger charge is -2.30. The number of fused-ring (bicyclic) bond motifs is 1. The van der Waals surface area contributed by atoms with Gasteiger partial charge in [0, 0.05) is 24.0 Å². The fourth-order valence-corrected chi connectivity index (χ4v) is 4.13. The maximum absolute atomic E-state index is 12.7. The number of nitrogens with zero attached hydrogens (tertiary/aromatic N) is 1. The van der Waals surface area contributed by atoms with Crippen molar-refractivity contribution in [3.05, 3.63) is 35.2 Å². The van der Waals surface area contributed by atoms with Gasteiger partial charge in [-0.25, -0.2) is 0 Å². The predicted octanol–water partition coefficient (Wildman–Crippen LogP) is 2.75. The van der Waals surface area contributed by atoms with E-state index in [1.54, 1.807) is 0 Å². The normalized spacial score (nSPS) is 20.0. The van der Waals surface area contributed by atoms with Crippen molar-refractivity contribution in [2.45, 2.75) is 18.9 Å². The summed E-state index contributed by atoms with van der Waals surface area (Å²) >= 11 is 1.51. The van der Waals surface area contributed by atoms with Crippen LogP contribution in [0.25, 0.3) is 10.4 Å². The Morgan fingerprint density at radius 1 is 1.17 bits per heavy atom. The van der Waals surface area contributed by atoms with Crippen LogP contribution in [0.4, 0.5) is 0 Å². The van der Waals surface area contributed by atoms with Gasteiger partial charge in [-0.2, -0.15) is 0 Å². The van der Waals surface area contributed by atoms with Gasteiger partial charge >= 0.3 is 0 Å². The van der Waals surface area contributed by atoms with E-state index in [4.69, 9.17) is 15.2 Å². The number of carbonyl (C=O) groups excluding carboxylic acids is 1. The molecule has 0 aliphatic carbocycles.